The molecule has 0 spiro atoms. The highest BCUT2D eigenvalue weighted by atomic mass is 15.0. The van der Waals surface area contributed by atoms with E-state index in [1.165, 1.54) is 19.3 Å². The Kier molecular flexibility index (Phi) is 8.46. The third-order valence-electron chi connectivity index (χ3n) is 2.41. The van der Waals surface area contributed by atoms with Crippen molar-refractivity contribution < 1.29 is 0 Å². The van der Waals surface area contributed by atoms with Crippen LogP contribution in [0.3, 0.4) is 0 Å². The summed E-state index contributed by atoms with van der Waals surface area (Å²) < 4.78 is 0. The van der Waals surface area contributed by atoms with E-state index in [2.05, 4.69) is 26.1 Å². The number of hydrogen-bond donors (Lipinski definition) is 2. The summed E-state index contributed by atoms with van der Waals surface area (Å²) in [6.07, 6.45) is 6.36. The Morgan fingerprint density at radius 1 is 1.08 bits per heavy atom. The highest BCUT2D eigenvalue weighted by Crippen LogP contribution is 2.12. The minimum atomic E-state index is 0.208. The van der Waals surface area contributed by atoms with Gasteiger partial charge in [0.1, 0.15) is 0 Å². The van der Waals surface area contributed by atoms with Crippen LogP contribution in [0.2, 0.25) is 0 Å². The zero-order valence-corrected chi connectivity index (χ0v) is 9.47. The fourth-order valence-corrected chi connectivity index (χ4v) is 1.53. The van der Waals surface area contributed by atoms with Crippen LogP contribution < -0.4 is 11.1 Å². The first-order chi connectivity index (χ1) is 6.20. The second-order valence-electron chi connectivity index (χ2n) is 4.03. The number of hydrogen-bond acceptors (Lipinski definition) is 2. The van der Waals surface area contributed by atoms with Crippen molar-refractivity contribution in [1.82, 2.24) is 5.32 Å². The van der Waals surface area contributed by atoms with Gasteiger partial charge in [0, 0.05) is 0 Å². The number of nitrogens with one attached hydrogen (secondary N) is 1. The van der Waals surface area contributed by atoms with Crippen molar-refractivity contribution in [2.24, 2.45) is 11.7 Å². The molecule has 13 heavy (non-hydrogen) atoms. The second kappa shape index (κ2) is 8.52. The molecule has 0 aliphatic heterocycles. The van der Waals surface area contributed by atoms with Gasteiger partial charge in [0.25, 0.3) is 0 Å². The fourth-order valence-electron chi connectivity index (χ4n) is 1.53. The standard InChI is InChI=1S/C11H26N2/c1-4-6-10(3)7-8-11(12)13-9-5-2/h10-11,13H,4-9,12H2,1-3H3. The molecule has 0 aliphatic rings. The van der Waals surface area contributed by atoms with Gasteiger partial charge < -0.3 is 11.1 Å². The lowest BCUT2D eigenvalue weighted by molar-refractivity contribution is 0.406. The van der Waals surface area contributed by atoms with Crippen molar-refractivity contribution in [3.8, 4) is 0 Å². The van der Waals surface area contributed by atoms with Crippen LogP contribution in [0.5, 0.6) is 0 Å². The Balaban J connectivity index is 3.29. The summed E-state index contributed by atoms with van der Waals surface area (Å²) in [5, 5.41) is 3.31. The van der Waals surface area contributed by atoms with Crippen molar-refractivity contribution in [1.29, 1.82) is 0 Å². The van der Waals surface area contributed by atoms with E-state index < -0.39 is 0 Å². The molecule has 0 rings (SSSR count). The Hall–Kier alpha value is -0.0800. The molecule has 2 heteroatoms. The molecule has 0 aliphatic carbocycles. The van der Waals surface area contributed by atoms with Crippen LogP contribution in [0.25, 0.3) is 0 Å². The molecule has 80 valence electrons. The van der Waals surface area contributed by atoms with Gasteiger partial charge in [0.05, 0.1) is 6.17 Å². The van der Waals surface area contributed by atoms with Crippen molar-refractivity contribution in [3.63, 3.8) is 0 Å². The van der Waals surface area contributed by atoms with Crippen LogP contribution in [-0.2, 0) is 0 Å². The van der Waals surface area contributed by atoms with Gasteiger partial charge in [0.2, 0.25) is 0 Å². The predicted octanol–water partition coefficient (Wildman–Crippen LogP) is 2.49. The molecule has 0 aromatic heterocycles. The van der Waals surface area contributed by atoms with Crippen molar-refractivity contribution in [2.75, 3.05) is 6.54 Å². The zero-order chi connectivity index (χ0) is 10.1. The van der Waals surface area contributed by atoms with Gasteiger partial charge in [-0.15, -0.1) is 0 Å². The third-order valence-corrected chi connectivity index (χ3v) is 2.41. The molecule has 0 saturated carbocycles. The van der Waals surface area contributed by atoms with E-state index in [9.17, 15) is 0 Å². The predicted molar refractivity (Wildman–Crippen MR) is 59.6 cm³/mol. The minimum Gasteiger partial charge on any atom is -0.316 e. The van der Waals surface area contributed by atoms with Gasteiger partial charge in [-0.2, -0.15) is 0 Å². The largest absolute Gasteiger partial charge is 0.316 e. The van der Waals surface area contributed by atoms with Gasteiger partial charge in [0.15, 0.2) is 0 Å². The van der Waals surface area contributed by atoms with Crippen LogP contribution in [0.1, 0.15) is 52.9 Å². The lowest BCUT2D eigenvalue weighted by Crippen LogP contribution is -2.37. The van der Waals surface area contributed by atoms with Crippen molar-refractivity contribution in [2.45, 2.75) is 59.0 Å². The fraction of sp³-hybridized carbons (Fsp3) is 1.00. The summed E-state index contributed by atoms with van der Waals surface area (Å²) in [5.41, 5.74) is 5.89. The topological polar surface area (TPSA) is 38.0 Å². The summed E-state index contributed by atoms with van der Waals surface area (Å²) >= 11 is 0. The summed E-state index contributed by atoms with van der Waals surface area (Å²) in [6, 6.07) is 0. The first-order valence-corrected chi connectivity index (χ1v) is 5.69. The maximum atomic E-state index is 5.89. The van der Waals surface area contributed by atoms with E-state index in [0.29, 0.717) is 0 Å². The molecule has 0 radical (unpaired) electrons. The van der Waals surface area contributed by atoms with Crippen LogP contribution in [0.15, 0.2) is 0 Å². The maximum absolute atomic E-state index is 5.89. The highest BCUT2D eigenvalue weighted by Gasteiger charge is 2.04. The second-order valence-corrected chi connectivity index (χ2v) is 4.03. The summed E-state index contributed by atoms with van der Waals surface area (Å²) in [6.45, 7) is 7.77. The molecule has 2 unspecified atom stereocenters. The monoisotopic (exact) mass is 186 g/mol. The van der Waals surface area contributed by atoms with Gasteiger partial charge in [-0.25, -0.2) is 0 Å². The van der Waals surface area contributed by atoms with Crippen molar-refractivity contribution in [3.05, 3.63) is 0 Å². The normalized spacial score (nSPS) is 15.7. The first-order valence-electron chi connectivity index (χ1n) is 5.69. The van der Waals surface area contributed by atoms with Gasteiger partial charge in [-0.1, -0.05) is 33.6 Å². The lowest BCUT2D eigenvalue weighted by Gasteiger charge is -2.15. The molecular formula is C11H26N2. The van der Waals surface area contributed by atoms with Crippen LogP contribution >= 0.6 is 0 Å². The van der Waals surface area contributed by atoms with Crippen molar-refractivity contribution >= 4 is 0 Å². The number of rotatable bonds is 8. The third kappa shape index (κ3) is 8.26. The SMILES string of the molecule is CCCNC(N)CCC(C)CCC. The molecular weight excluding hydrogens is 160 g/mol. The molecule has 0 saturated heterocycles. The smallest absolute Gasteiger partial charge is 0.0546 e. The van der Waals surface area contributed by atoms with Gasteiger partial charge in [-0.3, -0.25) is 0 Å². The molecule has 3 N–H and O–H groups in total. The molecule has 0 fully saturated rings. The first kappa shape index (κ1) is 12.9. The van der Waals surface area contributed by atoms with E-state index in [1.54, 1.807) is 0 Å². The average molecular weight is 186 g/mol. The molecule has 0 amide bonds. The Labute approximate surface area is 83.3 Å². The average Bonchev–Trinajstić information content (AvgIpc) is 2.12. The highest BCUT2D eigenvalue weighted by molar-refractivity contribution is 4.61. The van der Waals surface area contributed by atoms with E-state index in [0.717, 1.165) is 25.3 Å². The molecule has 0 bridgehead atoms. The van der Waals surface area contributed by atoms with E-state index in [-0.39, 0.29) is 6.17 Å². The van der Waals surface area contributed by atoms with Crippen LogP contribution in [0.4, 0.5) is 0 Å². The molecule has 0 heterocycles. The Morgan fingerprint density at radius 2 is 1.77 bits per heavy atom. The summed E-state index contributed by atoms with van der Waals surface area (Å²) in [4.78, 5) is 0. The van der Waals surface area contributed by atoms with Gasteiger partial charge in [-0.05, 0) is 31.7 Å². The minimum absolute atomic E-state index is 0.208. The molecule has 0 aromatic carbocycles. The van der Waals surface area contributed by atoms with Gasteiger partial charge >= 0.3 is 0 Å². The van der Waals surface area contributed by atoms with Crippen LogP contribution in [0, 0.1) is 5.92 Å². The summed E-state index contributed by atoms with van der Waals surface area (Å²) in [5.74, 6) is 0.833. The Bertz CT molecular complexity index is 104. The maximum Gasteiger partial charge on any atom is 0.0546 e. The van der Waals surface area contributed by atoms with E-state index in [1.807, 2.05) is 0 Å². The molecule has 2 nitrogen and oxygen atoms in total. The quantitative estimate of drug-likeness (QED) is 0.572. The number of nitrogens with two attached hydrogens (primary N) is 1. The lowest BCUT2D eigenvalue weighted by atomic mass is 9.99. The Morgan fingerprint density at radius 3 is 2.31 bits per heavy atom. The van der Waals surface area contributed by atoms with E-state index >= 15 is 0 Å². The van der Waals surface area contributed by atoms with E-state index in [4.69, 9.17) is 5.73 Å². The summed E-state index contributed by atoms with van der Waals surface area (Å²) in [7, 11) is 0. The zero-order valence-electron chi connectivity index (χ0n) is 9.47. The molecule has 2 atom stereocenters. The van der Waals surface area contributed by atoms with Crippen LogP contribution in [-0.4, -0.2) is 12.7 Å². The molecule has 0 aromatic rings.